The molecule has 0 aliphatic heterocycles. The highest BCUT2D eigenvalue weighted by molar-refractivity contribution is 7.18. The van der Waals surface area contributed by atoms with Gasteiger partial charge in [-0.05, 0) is 30.0 Å². The van der Waals surface area contributed by atoms with Gasteiger partial charge in [0.2, 0.25) is 11.2 Å². The number of ether oxygens (including phenoxy) is 1. The van der Waals surface area contributed by atoms with Crippen LogP contribution in [0.25, 0.3) is 10.2 Å². The minimum atomic E-state index is 0.251. The number of halogens is 1. The lowest BCUT2D eigenvalue weighted by atomic mass is 10.2. The summed E-state index contributed by atoms with van der Waals surface area (Å²) in [7, 11) is 0. The Morgan fingerprint density at radius 1 is 1.41 bits per heavy atom. The highest BCUT2D eigenvalue weighted by atomic mass is 35.5. The van der Waals surface area contributed by atoms with Gasteiger partial charge in [-0.1, -0.05) is 20.8 Å². The zero-order valence-electron chi connectivity index (χ0n) is 10.2. The number of thiophene rings is 1. The molecule has 0 fully saturated rings. The molecule has 0 saturated carbocycles. The standard InChI is InChI=1S/C12H15ClN2OS/c1-4-8-5-9-10(16-6-7(2)3)14-12(13)15-11(9)17-8/h5,7H,4,6H2,1-3H3. The predicted molar refractivity (Wildman–Crippen MR) is 72.1 cm³/mol. The van der Waals surface area contributed by atoms with Crippen LogP contribution in [0.3, 0.4) is 0 Å². The Morgan fingerprint density at radius 3 is 2.82 bits per heavy atom. The van der Waals surface area contributed by atoms with E-state index in [2.05, 4.69) is 36.8 Å². The summed E-state index contributed by atoms with van der Waals surface area (Å²) in [6.07, 6.45) is 0.988. The second-order valence-corrected chi connectivity index (χ2v) is 5.74. The molecule has 0 saturated heterocycles. The van der Waals surface area contributed by atoms with Crippen LogP contribution >= 0.6 is 22.9 Å². The highest BCUT2D eigenvalue weighted by Crippen LogP contribution is 2.31. The van der Waals surface area contributed by atoms with Crippen molar-refractivity contribution in [1.29, 1.82) is 0 Å². The molecule has 0 unspecified atom stereocenters. The Morgan fingerprint density at radius 2 is 2.18 bits per heavy atom. The first kappa shape index (κ1) is 12.6. The molecule has 0 spiro atoms. The van der Waals surface area contributed by atoms with Gasteiger partial charge in [0, 0.05) is 4.88 Å². The zero-order chi connectivity index (χ0) is 12.4. The van der Waals surface area contributed by atoms with Gasteiger partial charge in [-0.25, -0.2) is 4.98 Å². The smallest absolute Gasteiger partial charge is 0.227 e. The fourth-order valence-electron chi connectivity index (χ4n) is 1.45. The topological polar surface area (TPSA) is 35.0 Å². The van der Waals surface area contributed by atoms with Crippen LogP contribution in [0.2, 0.25) is 5.28 Å². The first-order chi connectivity index (χ1) is 8.10. The van der Waals surface area contributed by atoms with Gasteiger partial charge in [-0.15, -0.1) is 11.3 Å². The SMILES string of the molecule is CCc1cc2c(OCC(C)C)nc(Cl)nc2s1. The number of hydrogen-bond acceptors (Lipinski definition) is 4. The van der Waals surface area contributed by atoms with Crippen molar-refractivity contribution in [3.8, 4) is 5.88 Å². The molecule has 17 heavy (non-hydrogen) atoms. The Labute approximate surface area is 110 Å². The lowest BCUT2D eigenvalue weighted by Crippen LogP contribution is -2.06. The third kappa shape index (κ3) is 2.87. The van der Waals surface area contributed by atoms with E-state index in [-0.39, 0.29) is 5.28 Å². The summed E-state index contributed by atoms with van der Waals surface area (Å²) < 4.78 is 5.69. The molecule has 0 amide bonds. The summed E-state index contributed by atoms with van der Waals surface area (Å²) in [5, 5.41) is 1.22. The average molecular weight is 271 g/mol. The fraction of sp³-hybridized carbons (Fsp3) is 0.500. The molecule has 0 aliphatic rings. The van der Waals surface area contributed by atoms with Crippen LogP contribution < -0.4 is 4.74 Å². The Kier molecular flexibility index (Phi) is 3.84. The number of fused-ring (bicyclic) bond motifs is 1. The van der Waals surface area contributed by atoms with Crippen molar-refractivity contribution < 1.29 is 4.74 Å². The molecular formula is C12H15ClN2OS. The van der Waals surface area contributed by atoms with Crippen LogP contribution in [0.5, 0.6) is 5.88 Å². The third-order valence-electron chi connectivity index (χ3n) is 2.28. The summed E-state index contributed by atoms with van der Waals surface area (Å²) in [6, 6.07) is 2.09. The van der Waals surface area contributed by atoms with E-state index in [1.807, 2.05) is 0 Å². The van der Waals surface area contributed by atoms with Gasteiger partial charge in [-0.3, -0.25) is 0 Å². The summed E-state index contributed by atoms with van der Waals surface area (Å²) >= 11 is 7.54. The number of hydrogen-bond donors (Lipinski definition) is 0. The largest absolute Gasteiger partial charge is 0.477 e. The van der Waals surface area contributed by atoms with Crippen LogP contribution in [0.15, 0.2) is 6.07 Å². The zero-order valence-corrected chi connectivity index (χ0v) is 11.7. The maximum atomic E-state index is 5.90. The van der Waals surface area contributed by atoms with E-state index in [4.69, 9.17) is 16.3 Å². The van der Waals surface area contributed by atoms with E-state index >= 15 is 0 Å². The molecule has 3 nitrogen and oxygen atoms in total. The van der Waals surface area contributed by atoms with Crippen LogP contribution in [-0.4, -0.2) is 16.6 Å². The summed E-state index contributed by atoms with van der Waals surface area (Å²) in [5.41, 5.74) is 0. The monoisotopic (exact) mass is 270 g/mol. The molecule has 0 bridgehead atoms. The highest BCUT2D eigenvalue weighted by Gasteiger charge is 2.12. The van der Waals surface area contributed by atoms with Crippen LogP contribution in [-0.2, 0) is 6.42 Å². The van der Waals surface area contributed by atoms with E-state index in [9.17, 15) is 0 Å². The van der Waals surface area contributed by atoms with E-state index in [0.717, 1.165) is 16.6 Å². The van der Waals surface area contributed by atoms with E-state index in [1.165, 1.54) is 4.88 Å². The molecule has 2 aromatic rings. The molecule has 2 heterocycles. The van der Waals surface area contributed by atoms with Gasteiger partial charge >= 0.3 is 0 Å². The molecule has 0 aliphatic carbocycles. The normalized spacial score (nSPS) is 11.4. The lowest BCUT2D eigenvalue weighted by Gasteiger charge is -2.08. The minimum absolute atomic E-state index is 0.251. The fourth-order valence-corrected chi connectivity index (χ4v) is 2.62. The van der Waals surface area contributed by atoms with Crippen molar-refractivity contribution in [3.63, 3.8) is 0 Å². The van der Waals surface area contributed by atoms with Gasteiger partial charge in [0.15, 0.2) is 0 Å². The number of aryl methyl sites for hydroxylation is 1. The molecule has 92 valence electrons. The Bertz CT molecular complexity index is 524. The Balaban J connectivity index is 2.41. The maximum absolute atomic E-state index is 5.90. The van der Waals surface area contributed by atoms with Crippen molar-refractivity contribution in [3.05, 3.63) is 16.2 Å². The maximum Gasteiger partial charge on any atom is 0.227 e. The molecule has 5 heteroatoms. The van der Waals surface area contributed by atoms with Crippen molar-refractivity contribution in [2.45, 2.75) is 27.2 Å². The summed E-state index contributed by atoms with van der Waals surface area (Å²) in [6.45, 7) is 6.96. The van der Waals surface area contributed by atoms with E-state index < -0.39 is 0 Å². The number of aromatic nitrogens is 2. The summed E-state index contributed by atoms with van der Waals surface area (Å²) in [4.78, 5) is 10.6. The van der Waals surface area contributed by atoms with Gasteiger partial charge in [0.1, 0.15) is 4.83 Å². The van der Waals surface area contributed by atoms with Crippen molar-refractivity contribution in [1.82, 2.24) is 9.97 Å². The van der Waals surface area contributed by atoms with Crippen LogP contribution in [0.1, 0.15) is 25.6 Å². The molecular weight excluding hydrogens is 256 g/mol. The van der Waals surface area contributed by atoms with Crippen molar-refractivity contribution in [2.24, 2.45) is 5.92 Å². The molecule has 0 atom stereocenters. The molecule has 0 radical (unpaired) electrons. The van der Waals surface area contributed by atoms with Crippen LogP contribution in [0.4, 0.5) is 0 Å². The lowest BCUT2D eigenvalue weighted by molar-refractivity contribution is 0.264. The molecule has 0 N–H and O–H groups in total. The van der Waals surface area contributed by atoms with Gasteiger partial charge in [0.05, 0.1) is 12.0 Å². The van der Waals surface area contributed by atoms with Crippen LogP contribution in [0, 0.1) is 5.92 Å². The molecule has 2 aromatic heterocycles. The first-order valence-electron chi connectivity index (χ1n) is 5.69. The Hall–Kier alpha value is -0.870. The number of nitrogens with zero attached hydrogens (tertiary/aromatic N) is 2. The molecule has 0 aromatic carbocycles. The van der Waals surface area contributed by atoms with E-state index in [0.29, 0.717) is 18.4 Å². The average Bonchev–Trinajstić information content (AvgIpc) is 2.68. The quantitative estimate of drug-likeness (QED) is 0.790. The van der Waals surface area contributed by atoms with Gasteiger partial charge in [0.25, 0.3) is 0 Å². The minimum Gasteiger partial charge on any atom is -0.477 e. The predicted octanol–water partition coefficient (Wildman–Crippen LogP) is 3.94. The second-order valence-electron chi connectivity index (χ2n) is 4.29. The van der Waals surface area contributed by atoms with E-state index in [1.54, 1.807) is 11.3 Å². The molecule has 2 rings (SSSR count). The number of rotatable bonds is 4. The van der Waals surface area contributed by atoms with Crippen molar-refractivity contribution in [2.75, 3.05) is 6.61 Å². The third-order valence-corrected chi connectivity index (χ3v) is 3.63. The van der Waals surface area contributed by atoms with Gasteiger partial charge in [-0.2, -0.15) is 4.98 Å². The van der Waals surface area contributed by atoms with Gasteiger partial charge < -0.3 is 4.74 Å². The summed E-state index contributed by atoms with van der Waals surface area (Å²) in [5.74, 6) is 1.06. The first-order valence-corrected chi connectivity index (χ1v) is 6.88. The second kappa shape index (κ2) is 5.19. The van der Waals surface area contributed by atoms with Crippen molar-refractivity contribution >= 4 is 33.2 Å².